The van der Waals surface area contributed by atoms with Crippen LogP contribution in [0.1, 0.15) is 26.7 Å². The van der Waals surface area contributed by atoms with E-state index in [4.69, 9.17) is 5.73 Å². The minimum Gasteiger partial charge on any atom is -0.345 e. The van der Waals surface area contributed by atoms with Gasteiger partial charge in [-0.1, -0.05) is 6.92 Å². The first-order chi connectivity index (χ1) is 5.25. The summed E-state index contributed by atoms with van der Waals surface area (Å²) >= 11 is 0. The predicted octanol–water partition coefficient (Wildman–Crippen LogP) is 0.805. The summed E-state index contributed by atoms with van der Waals surface area (Å²) in [7, 11) is 0. The van der Waals surface area contributed by atoms with Gasteiger partial charge in [-0.15, -0.1) is 0 Å². The van der Waals surface area contributed by atoms with E-state index in [9.17, 15) is 0 Å². The van der Waals surface area contributed by atoms with Crippen molar-refractivity contribution in [1.82, 2.24) is 4.90 Å². The third-order valence-electron chi connectivity index (χ3n) is 2.13. The molecule has 1 unspecified atom stereocenters. The van der Waals surface area contributed by atoms with Crippen molar-refractivity contribution in [3.8, 4) is 0 Å². The monoisotopic (exact) mass is 155 g/mol. The van der Waals surface area contributed by atoms with Crippen LogP contribution in [0.5, 0.6) is 0 Å². The topological polar surface area (TPSA) is 41.6 Å². The smallest absolute Gasteiger partial charge is 0.0969 e. The van der Waals surface area contributed by atoms with Crippen LogP contribution < -0.4 is 5.73 Å². The Morgan fingerprint density at radius 1 is 1.73 bits per heavy atom. The van der Waals surface area contributed by atoms with E-state index >= 15 is 0 Å². The highest BCUT2D eigenvalue weighted by molar-refractivity contribution is 5.80. The maximum Gasteiger partial charge on any atom is 0.0969 e. The van der Waals surface area contributed by atoms with Crippen molar-refractivity contribution >= 4 is 5.84 Å². The van der Waals surface area contributed by atoms with E-state index in [0.29, 0.717) is 0 Å². The highest BCUT2D eigenvalue weighted by Crippen LogP contribution is 2.06. The molecule has 3 heteroatoms. The number of nitrogens with two attached hydrogens (primary N) is 1. The number of hydrogen-bond acceptors (Lipinski definition) is 3. The third kappa shape index (κ3) is 1.93. The van der Waals surface area contributed by atoms with Gasteiger partial charge in [0.25, 0.3) is 0 Å². The van der Waals surface area contributed by atoms with Crippen molar-refractivity contribution in [2.75, 3.05) is 13.1 Å². The Balaban J connectivity index is 2.55. The van der Waals surface area contributed by atoms with Crippen molar-refractivity contribution in [2.45, 2.75) is 32.9 Å². The van der Waals surface area contributed by atoms with Crippen LogP contribution in [0, 0.1) is 0 Å². The summed E-state index contributed by atoms with van der Waals surface area (Å²) in [6, 6.07) is 0. The predicted molar refractivity (Wildman–Crippen MR) is 47.6 cm³/mol. The Labute approximate surface area is 68.3 Å². The SMILES string of the molecule is CCC(N)N1CCCN=C1C. The molecule has 0 bridgehead atoms. The van der Waals surface area contributed by atoms with Gasteiger partial charge in [0.15, 0.2) is 0 Å². The molecule has 0 radical (unpaired) electrons. The molecule has 3 nitrogen and oxygen atoms in total. The molecule has 1 aliphatic heterocycles. The molecule has 0 aromatic heterocycles. The number of nitrogens with zero attached hydrogens (tertiary/aromatic N) is 2. The zero-order valence-corrected chi connectivity index (χ0v) is 7.38. The van der Waals surface area contributed by atoms with Crippen molar-refractivity contribution in [3.63, 3.8) is 0 Å². The standard InChI is InChI=1S/C8H17N3/c1-3-8(9)11-6-4-5-10-7(11)2/h8H,3-6,9H2,1-2H3. The van der Waals surface area contributed by atoms with Crippen LogP contribution in [0.25, 0.3) is 0 Å². The number of aliphatic imine (C=N–C) groups is 1. The van der Waals surface area contributed by atoms with Gasteiger partial charge in [-0.05, 0) is 19.8 Å². The fourth-order valence-corrected chi connectivity index (χ4v) is 1.36. The van der Waals surface area contributed by atoms with E-state index in [1.807, 2.05) is 6.92 Å². The van der Waals surface area contributed by atoms with Gasteiger partial charge in [0.2, 0.25) is 0 Å². The Kier molecular flexibility index (Phi) is 2.88. The largest absolute Gasteiger partial charge is 0.345 e. The van der Waals surface area contributed by atoms with Crippen LogP contribution in [0.15, 0.2) is 4.99 Å². The lowest BCUT2D eigenvalue weighted by Gasteiger charge is -2.32. The molecule has 1 rings (SSSR count). The third-order valence-corrected chi connectivity index (χ3v) is 2.13. The van der Waals surface area contributed by atoms with Crippen molar-refractivity contribution in [3.05, 3.63) is 0 Å². The summed E-state index contributed by atoms with van der Waals surface area (Å²) in [6.45, 7) is 6.18. The fraction of sp³-hybridized carbons (Fsp3) is 0.875. The molecule has 1 aliphatic rings. The lowest BCUT2D eigenvalue weighted by molar-refractivity contribution is 0.293. The molecule has 0 aliphatic carbocycles. The zero-order chi connectivity index (χ0) is 8.27. The highest BCUT2D eigenvalue weighted by Gasteiger charge is 2.15. The van der Waals surface area contributed by atoms with E-state index in [2.05, 4.69) is 16.8 Å². The number of rotatable bonds is 2. The molecule has 0 amide bonds. The molecule has 64 valence electrons. The first-order valence-electron chi connectivity index (χ1n) is 4.29. The van der Waals surface area contributed by atoms with E-state index in [-0.39, 0.29) is 6.17 Å². The van der Waals surface area contributed by atoms with Gasteiger partial charge >= 0.3 is 0 Å². The average molecular weight is 155 g/mol. The molecule has 11 heavy (non-hydrogen) atoms. The van der Waals surface area contributed by atoms with Crippen LogP contribution in [-0.4, -0.2) is 30.0 Å². The molecule has 0 fully saturated rings. The summed E-state index contributed by atoms with van der Waals surface area (Å²) in [5, 5.41) is 0. The van der Waals surface area contributed by atoms with E-state index < -0.39 is 0 Å². The van der Waals surface area contributed by atoms with E-state index in [1.165, 1.54) is 0 Å². The zero-order valence-electron chi connectivity index (χ0n) is 7.38. The van der Waals surface area contributed by atoms with Gasteiger partial charge in [-0.3, -0.25) is 4.99 Å². The lowest BCUT2D eigenvalue weighted by Crippen LogP contribution is -2.46. The Bertz CT molecular complexity index is 153. The van der Waals surface area contributed by atoms with Crippen LogP contribution in [0.4, 0.5) is 0 Å². The van der Waals surface area contributed by atoms with Crippen LogP contribution in [-0.2, 0) is 0 Å². The summed E-state index contributed by atoms with van der Waals surface area (Å²) in [4.78, 5) is 6.53. The van der Waals surface area contributed by atoms with E-state index in [0.717, 1.165) is 31.8 Å². The first-order valence-corrected chi connectivity index (χ1v) is 4.29. The summed E-state index contributed by atoms with van der Waals surface area (Å²) < 4.78 is 0. The van der Waals surface area contributed by atoms with Crippen LogP contribution in [0.3, 0.4) is 0 Å². The molecule has 0 saturated heterocycles. The summed E-state index contributed by atoms with van der Waals surface area (Å²) in [5.74, 6) is 1.10. The molecule has 0 saturated carbocycles. The molecule has 1 atom stereocenters. The summed E-state index contributed by atoms with van der Waals surface area (Å²) in [6.07, 6.45) is 2.30. The van der Waals surface area contributed by atoms with Gasteiger partial charge in [-0.25, -0.2) is 0 Å². The van der Waals surface area contributed by atoms with Gasteiger partial charge in [0, 0.05) is 13.1 Å². The summed E-state index contributed by atoms with van der Waals surface area (Å²) in [5.41, 5.74) is 5.88. The van der Waals surface area contributed by atoms with Gasteiger partial charge in [-0.2, -0.15) is 0 Å². The Morgan fingerprint density at radius 3 is 3.00 bits per heavy atom. The lowest BCUT2D eigenvalue weighted by atomic mass is 10.2. The minimum atomic E-state index is 0.166. The fourth-order valence-electron chi connectivity index (χ4n) is 1.36. The number of amidine groups is 1. The minimum absolute atomic E-state index is 0.166. The Morgan fingerprint density at radius 2 is 2.45 bits per heavy atom. The molecule has 2 N–H and O–H groups in total. The first kappa shape index (κ1) is 8.53. The molecule has 0 aromatic rings. The van der Waals surface area contributed by atoms with Gasteiger partial charge < -0.3 is 10.6 Å². The highest BCUT2D eigenvalue weighted by atomic mass is 15.3. The van der Waals surface area contributed by atoms with E-state index in [1.54, 1.807) is 0 Å². The maximum absolute atomic E-state index is 5.88. The molecule has 1 heterocycles. The second-order valence-corrected chi connectivity index (χ2v) is 2.95. The van der Waals surface area contributed by atoms with Crippen molar-refractivity contribution in [2.24, 2.45) is 10.7 Å². The van der Waals surface area contributed by atoms with Gasteiger partial charge in [0.05, 0.1) is 12.0 Å². The van der Waals surface area contributed by atoms with Crippen molar-refractivity contribution in [1.29, 1.82) is 0 Å². The molecular formula is C8H17N3. The average Bonchev–Trinajstić information content (AvgIpc) is 2.04. The second-order valence-electron chi connectivity index (χ2n) is 2.95. The van der Waals surface area contributed by atoms with Crippen molar-refractivity contribution < 1.29 is 0 Å². The molecule has 0 spiro atoms. The van der Waals surface area contributed by atoms with Gasteiger partial charge in [0.1, 0.15) is 0 Å². The number of hydrogen-bond donors (Lipinski definition) is 1. The van der Waals surface area contributed by atoms with Crippen LogP contribution >= 0.6 is 0 Å². The quantitative estimate of drug-likeness (QED) is 0.641. The van der Waals surface area contributed by atoms with Crippen LogP contribution in [0.2, 0.25) is 0 Å². The Hall–Kier alpha value is -0.570. The normalized spacial score (nSPS) is 21.4. The second kappa shape index (κ2) is 3.72. The molecular weight excluding hydrogens is 138 g/mol. The maximum atomic E-state index is 5.88. The molecule has 0 aromatic carbocycles.